The molecule has 2 aromatic carbocycles. The van der Waals surface area contributed by atoms with E-state index in [1.54, 1.807) is 0 Å². The van der Waals surface area contributed by atoms with E-state index in [4.69, 9.17) is 5.73 Å². The van der Waals surface area contributed by atoms with E-state index in [0.717, 1.165) is 6.54 Å². The smallest absolute Gasteiger partial charge is 0.00823 e. The van der Waals surface area contributed by atoms with E-state index in [-0.39, 0.29) is 5.41 Å². The Balaban J connectivity index is 2.30. The minimum Gasteiger partial charge on any atom is -0.330 e. The van der Waals surface area contributed by atoms with E-state index < -0.39 is 0 Å². The lowest BCUT2D eigenvalue weighted by atomic mass is 9.89. The summed E-state index contributed by atoms with van der Waals surface area (Å²) in [6.45, 7) is 2.95. The number of hydrogen-bond acceptors (Lipinski definition) is 1. The molecule has 3 rings (SSSR count). The molecular weight excluding hydrogens is 194 g/mol. The second-order valence-corrected chi connectivity index (χ2v) is 4.96. The number of rotatable bonds is 2. The molecule has 0 amide bonds. The van der Waals surface area contributed by atoms with Gasteiger partial charge in [-0.2, -0.15) is 0 Å². The second-order valence-electron chi connectivity index (χ2n) is 4.96. The Kier molecular flexibility index (Phi) is 2.05. The summed E-state index contributed by atoms with van der Waals surface area (Å²) in [5, 5.41) is 2.77. The summed E-state index contributed by atoms with van der Waals surface area (Å²) in [5.41, 5.74) is 9.02. The molecule has 0 atom stereocenters. The molecule has 82 valence electrons. The molecule has 1 nitrogen and oxygen atoms in total. The van der Waals surface area contributed by atoms with Gasteiger partial charge in [-0.25, -0.2) is 0 Å². The molecule has 0 bridgehead atoms. The normalized spacial score (nSPS) is 17.6. The standard InChI is InChI=1S/C15H17N/c1-11-6-7-14(15(10-16)8-9-15)13-5-3-2-4-12(11)13/h2-7H,8-10,16H2,1H3. The molecule has 0 aromatic heterocycles. The molecule has 1 heteroatoms. The fourth-order valence-corrected chi connectivity index (χ4v) is 2.65. The van der Waals surface area contributed by atoms with Crippen LogP contribution in [-0.2, 0) is 5.41 Å². The van der Waals surface area contributed by atoms with Crippen molar-refractivity contribution in [3.8, 4) is 0 Å². The summed E-state index contributed by atoms with van der Waals surface area (Å²) in [7, 11) is 0. The summed E-state index contributed by atoms with van der Waals surface area (Å²) >= 11 is 0. The molecule has 16 heavy (non-hydrogen) atoms. The number of aryl methyl sites for hydroxylation is 1. The SMILES string of the molecule is Cc1ccc(C2(CN)CC2)c2ccccc12. The number of benzene rings is 2. The van der Waals surface area contributed by atoms with E-state index in [1.807, 2.05) is 0 Å². The molecule has 1 aliphatic rings. The van der Waals surface area contributed by atoms with Gasteiger partial charge in [0.2, 0.25) is 0 Å². The van der Waals surface area contributed by atoms with E-state index >= 15 is 0 Å². The predicted molar refractivity (Wildman–Crippen MR) is 68.7 cm³/mol. The van der Waals surface area contributed by atoms with Gasteiger partial charge < -0.3 is 5.73 Å². The Morgan fingerprint density at radius 3 is 2.38 bits per heavy atom. The van der Waals surface area contributed by atoms with Gasteiger partial charge >= 0.3 is 0 Å². The van der Waals surface area contributed by atoms with Crippen molar-refractivity contribution in [1.29, 1.82) is 0 Å². The average molecular weight is 211 g/mol. The molecule has 0 spiro atoms. The zero-order valence-electron chi connectivity index (χ0n) is 9.66. The lowest BCUT2D eigenvalue weighted by Gasteiger charge is -2.17. The molecule has 1 saturated carbocycles. The maximum atomic E-state index is 5.93. The van der Waals surface area contributed by atoms with Crippen LogP contribution in [0.1, 0.15) is 24.0 Å². The van der Waals surface area contributed by atoms with Crippen LogP contribution >= 0.6 is 0 Å². The summed E-state index contributed by atoms with van der Waals surface area (Å²) in [6, 6.07) is 13.2. The van der Waals surface area contributed by atoms with Gasteiger partial charge in [0.1, 0.15) is 0 Å². The van der Waals surface area contributed by atoms with Crippen LogP contribution in [0.15, 0.2) is 36.4 Å². The quantitative estimate of drug-likeness (QED) is 0.811. The maximum absolute atomic E-state index is 5.93. The Labute approximate surface area is 96.3 Å². The summed E-state index contributed by atoms with van der Waals surface area (Å²) in [5.74, 6) is 0. The second kappa shape index (κ2) is 3.33. The van der Waals surface area contributed by atoms with Gasteiger partial charge in [0.05, 0.1) is 0 Å². The van der Waals surface area contributed by atoms with E-state index in [1.165, 1.54) is 34.7 Å². The van der Waals surface area contributed by atoms with Crippen molar-refractivity contribution in [3.63, 3.8) is 0 Å². The molecule has 1 fully saturated rings. The third-order valence-electron chi connectivity index (χ3n) is 3.96. The van der Waals surface area contributed by atoms with Crippen molar-refractivity contribution >= 4 is 10.8 Å². The van der Waals surface area contributed by atoms with Crippen LogP contribution in [-0.4, -0.2) is 6.54 Å². The lowest BCUT2D eigenvalue weighted by molar-refractivity contribution is 0.711. The number of nitrogens with two attached hydrogens (primary N) is 1. The Morgan fingerprint density at radius 2 is 1.75 bits per heavy atom. The van der Waals surface area contributed by atoms with Crippen molar-refractivity contribution in [2.24, 2.45) is 5.73 Å². The molecule has 2 N–H and O–H groups in total. The number of hydrogen-bond donors (Lipinski definition) is 1. The van der Waals surface area contributed by atoms with Gasteiger partial charge in [0, 0.05) is 12.0 Å². The van der Waals surface area contributed by atoms with Crippen molar-refractivity contribution < 1.29 is 0 Å². The van der Waals surface area contributed by atoms with E-state index in [9.17, 15) is 0 Å². The van der Waals surface area contributed by atoms with E-state index in [2.05, 4.69) is 43.3 Å². The molecular formula is C15H17N. The van der Waals surface area contributed by atoms with Crippen LogP contribution in [0.5, 0.6) is 0 Å². The zero-order valence-corrected chi connectivity index (χ0v) is 9.66. The van der Waals surface area contributed by atoms with Crippen molar-refractivity contribution in [3.05, 3.63) is 47.5 Å². The third-order valence-corrected chi connectivity index (χ3v) is 3.96. The predicted octanol–water partition coefficient (Wildman–Crippen LogP) is 3.14. The molecule has 0 radical (unpaired) electrons. The first kappa shape index (κ1) is 9.86. The zero-order chi connectivity index (χ0) is 11.2. The minimum absolute atomic E-state index is 0.285. The molecule has 1 aliphatic carbocycles. The molecule has 2 aromatic rings. The van der Waals surface area contributed by atoms with E-state index in [0.29, 0.717) is 0 Å². The molecule has 0 aliphatic heterocycles. The highest BCUT2D eigenvalue weighted by atomic mass is 14.7. The van der Waals surface area contributed by atoms with Gasteiger partial charge in [-0.3, -0.25) is 0 Å². The fraction of sp³-hybridized carbons (Fsp3) is 0.333. The fourth-order valence-electron chi connectivity index (χ4n) is 2.65. The summed E-state index contributed by atoms with van der Waals surface area (Å²) < 4.78 is 0. The van der Waals surface area contributed by atoms with Crippen molar-refractivity contribution in [2.45, 2.75) is 25.2 Å². The maximum Gasteiger partial charge on any atom is 0.00823 e. The monoisotopic (exact) mass is 211 g/mol. The topological polar surface area (TPSA) is 26.0 Å². The van der Waals surface area contributed by atoms with Gasteiger partial charge in [-0.05, 0) is 41.7 Å². The molecule has 0 heterocycles. The van der Waals surface area contributed by atoms with Gasteiger partial charge in [0.15, 0.2) is 0 Å². The van der Waals surface area contributed by atoms with Gasteiger partial charge in [-0.15, -0.1) is 0 Å². The Morgan fingerprint density at radius 1 is 1.06 bits per heavy atom. The minimum atomic E-state index is 0.285. The summed E-state index contributed by atoms with van der Waals surface area (Å²) in [4.78, 5) is 0. The van der Waals surface area contributed by atoms with Crippen LogP contribution in [0.25, 0.3) is 10.8 Å². The largest absolute Gasteiger partial charge is 0.330 e. The van der Waals surface area contributed by atoms with Crippen LogP contribution < -0.4 is 5.73 Å². The van der Waals surface area contributed by atoms with Crippen LogP contribution in [0.4, 0.5) is 0 Å². The summed E-state index contributed by atoms with van der Waals surface area (Å²) in [6.07, 6.45) is 2.49. The Hall–Kier alpha value is -1.34. The average Bonchev–Trinajstić information content (AvgIpc) is 3.11. The highest BCUT2D eigenvalue weighted by Gasteiger charge is 2.43. The third kappa shape index (κ3) is 1.28. The first-order chi connectivity index (χ1) is 7.77. The first-order valence-corrected chi connectivity index (χ1v) is 5.96. The highest BCUT2D eigenvalue weighted by Crippen LogP contribution is 2.49. The number of fused-ring (bicyclic) bond motifs is 1. The van der Waals surface area contributed by atoms with Crippen molar-refractivity contribution in [2.75, 3.05) is 6.54 Å². The lowest BCUT2D eigenvalue weighted by Crippen LogP contribution is -2.20. The van der Waals surface area contributed by atoms with Crippen LogP contribution in [0.2, 0.25) is 0 Å². The first-order valence-electron chi connectivity index (χ1n) is 5.96. The van der Waals surface area contributed by atoms with Crippen molar-refractivity contribution in [1.82, 2.24) is 0 Å². The molecule has 0 saturated heterocycles. The highest BCUT2D eigenvalue weighted by molar-refractivity contribution is 5.89. The molecule has 0 unspecified atom stereocenters. The van der Waals surface area contributed by atoms with Gasteiger partial charge in [-0.1, -0.05) is 36.4 Å². The van der Waals surface area contributed by atoms with Crippen LogP contribution in [0.3, 0.4) is 0 Å². The Bertz CT molecular complexity index is 538. The van der Waals surface area contributed by atoms with Gasteiger partial charge in [0.25, 0.3) is 0 Å². The van der Waals surface area contributed by atoms with Crippen LogP contribution in [0, 0.1) is 6.92 Å².